The first-order chi connectivity index (χ1) is 43.1. The number of aryl methyl sites for hydroxylation is 2. The summed E-state index contributed by atoms with van der Waals surface area (Å²) in [7, 11) is 0. The lowest BCUT2D eigenvalue weighted by atomic mass is 9.99. The van der Waals surface area contributed by atoms with E-state index in [0.29, 0.717) is 48.7 Å². The van der Waals surface area contributed by atoms with E-state index in [9.17, 15) is 38.4 Å². The van der Waals surface area contributed by atoms with Gasteiger partial charge in [0.1, 0.15) is 24.4 Å². The summed E-state index contributed by atoms with van der Waals surface area (Å²) in [4.78, 5) is 119. The number of alkyl carbamates (subject to hydrolysis) is 2. The molecule has 2 saturated heterocycles. The van der Waals surface area contributed by atoms with Crippen molar-refractivity contribution in [3.05, 3.63) is 118 Å². The lowest BCUT2D eigenvalue weighted by molar-refractivity contribution is -0.121. The molecule has 4 aliphatic heterocycles. The van der Waals surface area contributed by atoms with Crippen molar-refractivity contribution in [1.82, 2.24) is 30.2 Å². The Hall–Kier alpha value is -7.46. The van der Waals surface area contributed by atoms with Crippen LogP contribution < -0.4 is 20.4 Å². The third kappa shape index (κ3) is 18.9. The maximum atomic E-state index is 14.3. The quantitative estimate of drug-likeness (QED) is 0.0998. The Bertz CT molecular complexity index is 3090. The summed E-state index contributed by atoms with van der Waals surface area (Å²) in [5, 5.41) is 5.50. The number of piperidine rings is 2. The molecule has 0 radical (unpaired) electrons. The van der Waals surface area contributed by atoms with Gasteiger partial charge in [0, 0.05) is 85.4 Å². The summed E-state index contributed by atoms with van der Waals surface area (Å²) in [6.45, 7) is 33.4. The number of ether oxygens (including phenoxy) is 4. The molecule has 4 heterocycles. The highest BCUT2D eigenvalue weighted by Gasteiger charge is 2.44. The largest absolute Gasteiger partial charge is 0.445 e. The Morgan fingerprint density at radius 2 is 0.913 bits per heavy atom. The van der Waals surface area contributed by atoms with Gasteiger partial charge in [0.25, 0.3) is 11.8 Å². The normalized spacial score (nSPS) is 17.8. The predicted molar refractivity (Wildman–Crippen MR) is 360 cm³/mol. The van der Waals surface area contributed by atoms with E-state index in [-0.39, 0.29) is 99.4 Å². The number of hydrogen-bond donors (Lipinski definition) is 2. The molecule has 22 heteroatoms. The minimum Gasteiger partial charge on any atom is -0.445 e. The molecule has 8 rings (SSSR count). The number of carbonyl (C=O) groups excluding carboxylic acids is 8. The van der Waals surface area contributed by atoms with Gasteiger partial charge in [-0.3, -0.25) is 19.2 Å². The van der Waals surface area contributed by atoms with Crippen LogP contribution in [0.3, 0.4) is 0 Å². The Kier molecular flexibility index (Phi) is 23.9. The van der Waals surface area contributed by atoms with Gasteiger partial charge in [-0.15, -0.1) is 23.5 Å². The lowest BCUT2D eigenvalue weighted by Crippen LogP contribution is -2.54. The minimum absolute atomic E-state index is 0.104. The molecule has 0 unspecified atom stereocenters. The molecule has 2 N–H and O–H groups in total. The zero-order valence-corrected chi connectivity index (χ0v) is 58.3. The zero-order valence-electron chi connectivity index (χ0n) is 56.7. The number of carbonyl (C=O) groups is 8. The fourth-order valence-corrected chi connectivity index (χ4v) is 14.2. The molecule has 500 valence electrons. The molecule has 0 aromatic heterocycles. The molecular weight excluding hydrogens is 1210 g/mol. The molecule has 20 nitrogen and oxygen atoms in total. The van der Waals surface area contributed by atoms with Crippen molar-refractivity contribution in [1.29, 1.82) is 0 Å². The Morgan fingerprint density at radius 3 is 1.24 bits per heavy atom. The maximum absolute atomic E-state index is 14.3. The van der Waals surface area contributed by atoms with E-state index in [2.05, 4.69) is 10.6 Å². The van der Waals surface area contributed by atoms with Gasteiger partial charge in [-0.25, -0.2) is 19.2 Å². The Labute approximate surface area is 552 Å². The van der Waals surface area contributed by atoms with Gasteiger partial charge >= 0.3 is 24.4 Å². The van der Waals surface area contributed by atoms with Gasteiger partial charge in [-0.1, -0.05) is 60.7 Å². The molecule has 2 atom stereocenters. The molecule has 0 saturated carbocycles. The maximum Gasteiger partial charge on any atom is 0.410 e. The van der Waals surface area contributed by atoms with Crippen LogP contribution in [0.5, 0.6) is 0 Å². The summed E-state index contributed by atoms with van der Waals surface area (Å²) in [5.41, 5.74) is 4.48. The molecule has 0 bridgehead atoms. The second-order valence-electron chi connectivity index (χ2n) is 27.4. The van der Waals surface area contributed by atoms with Crippen LogP contribution in [0.4, 0.5) is 30.6 Å². The van der Waals surface area contributed by atoms with E-state index in [1.165, 1.54) is 23.5 Å². The fourth-order valence-electron chi connectivity index (χ4n) is 11.7. The SMILES string of the molecule is Cc1cc2c(cc1C(=O)N(C(C)C)[C@@H]1CCCN(C(=O)OC(C)(C)C)C1)N(CCNC(=O)OCc1ccccc1)C(=O)C(C)(C)S2.Cc1cc2c(cc1C(=O)N(C(C)C)[C@@H]1CCCN(C(=O)OC(C)(C)C)C1)N(CCNC(=O)OCc1ccccc1)C(=O)C(C)(C)S2. The number of nitrogens with one attached hydrogen (secondary N) is 2. The summed E-state index contributed by atoms with van der Waals surface area (Å²) in [5.74, 6) is -0.493. The van der Waals surface area contributed by atoms with E-state index in [0.717, 1.165) is 57.7 Å². The van der Waals surface area contributed by atoms with Crippen molar-refractivity contribution >= 4 is 82.9 Å². The van der Waals surface area contributed by atoms with Crippen molar-refractivity contribution < 1.29 is 57.3 Å². The van der Waals surface area contributed by atoms with E-state index in [1.807, 2.05) is 206 Å². The summed E-state index contributed by atoms with van der Waals surface area (Å²) >= 11 is 2.94. The number of amides is 8. The predicted octanol–water partition coefficient (Wildman–Crippen LogP) is 12.8. The van der Waals surface area contributed by atoms with Crippen molar-refractivity contribution in [2.75, 3.05) is 62.2 Å². The van der Waals surface area contributed by atoms with Gasteiger partial charge in [0.15, 0.2) is 0 Å². The van der Waals surface area contributed by atoms with Gasteiger partial charge in [-0.05, 0) is 183 Å². The first-order valence-electron chi connectivity index (χ1n) is 32.0. The topological polar surface area (TPSA) is 217 Å². The number of hydrogen-bond acceptors (Lipinski definition) is 14. The second kappa shape index (κ2) is 30.5. The molecular formula is C70H96N8O12S2. The highest BCUT2D eigenvalue weighted by Crippen LogP contribution is 2.48. The van der Waals surface area contributed by atoms with Gasteiger partial charge in [0.05, 0.1) is 33.0 Å². The van der Waals surface area contributed by atoms with Crippen molar-refractivity contribution in [2.45, 2.75) is 204 Å². The van der Waals surface area contributed by atoms with Crippen LogP contribution in [0, 0.1) is 13.8 Å². The number of rotatable bonds is 16. The average Bonchev–Trinajstić information content (AvgIpc) is 0.763. The van der Waals surface area contributed by atoms with E-state index >= 15 is 0 Å². The smallest absolute Gasteiger partial charge is 0.410 e. The van der Waals surface area contributed by atoms with Crippen molar-refractivity contribution in [2.24, 2.45) is 0 Å². The monoisotopic (exact) mass is 1300 g/mol. The number of likely N-dealkylation sites (tertiary alicyclic amines) is 2. The van der Waals surface area contributed by atoms with Crippen LogP contribution in [0.25, 0.3) is 0 Å². The van der Waals surface area contributed by atoms with Crippen LogP contribution in [0.2, 0.25) is 0 Å². The number of benzene rings is 4. The average molecular weight is 1310 g/mol. The number of anilines is 2. The first kappa shape index (κ1) is 72.0. The number of thioether (sulfide) groups is 2. The van der Waals surface area contributed by atoms with Crippen LogP contribution in [-0.2, 0) is 41.8 Å². The van der Waals surface area contributed by atoms with Crippen LogP contribution >= 0.6 is 23.5 Å². The van der Waals surface area contributed by atoms with Gasteiger partial charge in [-0.2, -0.15) is 0 Å². The molecule has 4 aliphatic rings. The van der Waals surface area contributed by atoms with E-state index < -0.39 is 32.9 Å². The molecule has 0 spiro atoms. The molecule has 8 amide bonds. The number of nitrogens with zero attached hydrogens (tertiary/aromatic N) is 6. The molecule has 0 aliphatic carbocycles. The van der Waals surface area contributed by atoms with E-state index in [1.54, 1.807) is 19.6 Å². The Balaban J connectivity index is 0.000000261. The number of fused-ring (bicyclic) bond motifs is 2. The van der Waals surface area contributed by atoms with Crippen LogP contribution in [0.15, 0.2) is 94.7 Å². The third-order valence-electron chi connectivity index (χ3n) is 16.0. The van der Waals surface area contributed by atoms with Gasteiger partial charge in [0.2, 0.25) is 11.8 Å². The molecule has 4 aromatic rings. The first-order valence-corrected chi connectivity index (χ1v) is 33.6. The highest BCUT2D eigenvalue weighted by molar-refractivity contribution is 8.02. The summed E-state index contributed by atoms with van der Waals surface area (Å²) in [6.07, 6.45) is 1.19. The van der Waals surface area contributed by atoms with Crippen molar-refractivity contribution in [3.63, 3.8) is 0 Å². The second-order valence-corrected chi connectivity index (χ2v) is 30.8. The van der Waals surface area contributed by atoms with E-state index in [4.69, 9.17) is 18.9 Å². The lowest BCUT2D eigenvalue weighted by Gasteiger charge is -2.42. The minimum atomic E-state index is -0.726. The summed E-state index contributed by atoms with van der Waals surface area (Å²) < 4.78 is 20.5. The molecule has 4 aromatic carbocycles. The third-order valence-corrected chi connectivity index (χ3v) is 18.5. The van der Waals surface area contributed by atoms with Crippen LogP contribution in [0.1, 0.15) is 166 Å². The fraction of sp³-hybridized carbons (Fsp3) is 0.543. The zero-order chi connectivity index (χ0) is 67.6. The summed E-state index contributed by atoms with van der Waals surface area (Å²) in [6, 6.07) is 25.8. The molecule has 92 heavy (non-hydrogen) atoms. The standard InChI is InChI=1S/2C35H48N4O6S/c2*1-23(2)39(26-15-12-17-37(21-26)33(43)45-34(4,5)6)30(40)27-20-28-29(19-24(27)3)46-35(7,8)31(41)38(28)18-16-36-32(42)44-22-25-13-10-9-11-14-25/h2*9-11,13-14,19-20,23,26H,12,15-18,21-22H2,1-8H3,(H,36,42)/t2*26-/m11/s1. The van der Waals surface area contributed by atoms with Crippen molar-refractivity contribution in [3.8, 4) is 0 Å². The highest BCUT2D eigenvalue weighted by atomic mass is 32.2. The molecule has 2 fully saturated rings. The van der Waals surface area contributed by atoms with Crippen LogP contribution in [-0.4, -0.2) is 165 Å². The Morgan fingerprint density at radius 1 is 0.565 bits per heavy atom. The van der Waals surface area contributed by atoms with Gasteiger partial charge < -0.3 is 59.0 Å².